The zero-order chi connectivity index (χ0) is 25.8. The molecule has 190 valence electrons. The van der Waals surface area contributed by atoms with E-state index in [1.807, 2.05) is 19.1 Å². The third-order valence-electron chi connectivity index (χ3n) is 8.24. The molecule has 1 aliphatic rings. The second-order valence-electron chi connectivity index (χ2n) is 10.4. The van der Waals surface area contributed by atoms with Crippen molar-refractivity contribution in [2.24, 2.45) is 0 Å². The van der Waals surface area contributed by atoms with Gasteiger partial charge in [-0.25, -0.2) is 0 Å². The van der Waals surface area contributed by atoms with E-state index in [4.69, 9.17) is 5.11 Å². The maximum Gasteiger partial charge on any atom is 0.325 e. The molecule has 2 aromatic carbocycles. The number of rotatable bonds is 10. The zero-order valence-electron chi connectivity index (χ0n) is 21.9. The Labute approximate surface area is 210 Å². The number of benzene rings is 2. The fourth-order valence-electron chi connectivity index (χ4n) is 5.71. The summed E-state index contributed by atoms with van der Waals surface area (Å²) in [5, 5.41) is 22.4. The van der Waals surface area contributed by atoms with Gasteiger partial charge in [0.2, 0.25) is 0 Å². The zero-order valence-corrected chi connectivity index (χ0v) is 21.9. The number of aryl methyl sites for hydroxylation is 3. The third-order valence-corrected chi connectivity index (χ3v) is 8.24. The molecule has 3 N–H and O–H groups in total. The van der Waals surface area contributed by atoms with Gasteiger partial charge in [-0.15, -0.1) is 0 Å². The lowest BCUT2D eigenvalue weighted by atomic mass is 9.69. The van der Waals surface area contributed by atoms with Crippen LogP contribution in [0.4, 0.5) is 0 Å². The van der Waals surface area contributed by atoms with Crippen molar-refractivity contribution in [1.29, 1.82) is 0 Å². The molecule has 0 spiro atoms. The molecule has 5 heteroatoms. The molecule has 0 radical (unpaired) electrons. The quantitative estimate of drug-likeness (QED) is 0.399. The van der Waals surface area contributed by atoms with Gasteiger partial charge in [-0.05, 0) is 93.2 Å². The lowest BCUT2D eigenvalue weighted by molar-refractivity contribution is -0.138. The van der Waals surface area contributed by atoms with Crippen molar-refractivity contribution in [1.82, 2.24) is 5.32 Å². The first-order valence-electron chi connectivity index (χ1n) is 13.0. The predicted molar refractivity (Wildman–Crippen MR) is 140 cm³/mol. The van der Waals surface area contributed by atoms with Crippen LogP contribution >= 0.6 is 0 Å². The summed E-state index contributed by atoms with van der Waals surface area (Å²) in [7, 11) is 0. The molecule has 0 aromatic heterocycles. The van der Waals surface area contributed by atoms with Crippen LogP contribution in [0.3, 0.4) is 0 Å². The molecule has 1 saturated carbocycles. The van der Waals surface area contributed by atoms with E-state index in [-0.39, 0.29) is 11.3 Å². The van der Waals surface area contributed by atoms with Gasteiger partial charge in [0.25, 0.3) is 5.91 Å². The number of hydrogen-bond donors (Lipinski definition) is 3. The second kappa shape index (κ2) is 10.9. The van der Waals surface area contributed by atoms with Crippen LogP contribution in [0.15, 0.2) is 36.4 Å². The Bertz CT molecular complexity index is 1060. The van der Waals surface area contributed by atoms with Gasteiger partial charge in [0.15, 0.2) is 0 Å². The first-order chi connectivity index (χ1) is 16.5. The molecule has 0 heterocycles. The van der Waals surface area contributed by atoms with Crippen LogP contribution in [0.1, 0.15) is 104 Å². The molecule has 1 amide bonds. The number of aliphatic hydroxyl groups is 1. The topological polar surface area (TPSA) is 86.6 Å². The first-order valence-corrected chi connectivity index (χ1v) is 13.0. The number of carboxylic acid groups (broad SMARTS) is 1. The van der Waals surface area contributed by atoms with Gasteiger partial charge in [-0.2, -0.15) is 0 Å². The maximum absolute atomic E-state index is 12.6. The highest BCUT2D eigenvalue weighted by Gasteiger charge is 2.33. The average molecular weight is 480 g/mol. The van der Waals surface area contributed by atoms with Crippen molar-refractivity contribution in [3.05, 3.63) is 69.8 Å². The molecular weight excluding hydrogens is 438 g/mol. The number of aliphatic carboxylic acids is 1. The summed E-state index contributed by atoms with van der Waals surface area (Å²) in [6.07, 6.45) is 7.65. The minimum absolute atomic E-state index is 0.179. The van der Waals surface area contributed by atoms with Gasteiger partial charge in [-0.1, -0.05) is 57.0 Å². The molecule has 35 heavy (non-hydrogen) atoms. The van der Waals surface area contributed by atoms with Crippen molar-refractivity contribution in [2.75, 3.05) is 0 Å². The van der Waals surface area contributed by atoms with Crippen LogP contribution in [0, 0.1) is 13.8 Å². The molecule has 1 unspecified atom stereocenters. The fourth-order valence-corrected chi connectivity index (χ4v) is 5.71. The number of carbonyl (C=O) groups is 2. The van der Waals surface area contributed by atoms with Crippen LogP contribution in [0.25, 0.3) is 0 Å². The Hall–Kier alpha value is -2.66. The lowest BCUT2D eigenvalue weighted by Gasteiger charge is -2.34. The summed E-state index contributed by atoms with van der Waals surface area (Å²) >= 11 is 0. The van der Waals surface area contributed by atoms with Crippen LogP contribution < -0.4 is 5.32 Å². The van der Waals surface area contributed by atoms with Gasteiger partial charge in [-0.3, -0.25) is 9.59 Å². The summed E-state index contributed by atoms with van der Waals surface area (Å²) in [5.41, 5.74) is 5.64. The maximum atomic E-state index is 12.6. The number of nitrogens with one attached hydrogen (secondary N) is 1. The van der Waals surface area contributed by atoms with Gasteiger partial charge in [0, 0.05) is 11.0 Å². The molecule has 1 aliphatic carbocycles. The van der Waals surface area contributed by atoms with Crippen molar-refractivity contribution in [3.8, 4) is 0 Å². The van der Waals surface area contributed by atoms with E-state index in [1.54, 1.807) is 0 Å². The van der Waals surface area contributed by atoms with Crippen LogP contribution in [-0.4, -0.2) is 33.7 Å². The van der Waals surface area contributed by atoms with E-state index in [1.165, 1.54) is 23.6 Å². The second-order valence-corrected chi connectivity index (χ2v) is 10.4. The predicted octanol–water partition coefficient (Wildman–Crippen LogP) is 5.85. The highest BCUT2D eigenvalue weighted by atomic mass is 16.4. The fraction of sp³-hybridized carbons (Fsp3) is 0.533. The molecule has 0 bridgehead atoms. The Balaban J connectivity index is 1.87. The Kier molecular flexibility index (Phi) is 8.42. The van der Waals surface area contributed by atoms with E-state index < -0.39 is 17.6 Å². The third kappa shape index (κ3) is 5.78. The van der Waals surface area contributed by atoms with Gasteiger partial charge in [0.05, 0.1) is 5.60 Å². The normalized spacial score (nSPS) is 16.2. The number of hydrogen-bond acceptors (Lipinski definition) is 3. The highest BCUT2D eigenvalue weighted by molar-refractivity contribution is 5.97. The van der Waals surface area contributed by atoms with Crippen molar-refractivity contribution in [2.45, 2.75) is 103 Å². The standard InChI is InChI=1S/C30H41NO4/c1-6-30(7-2,25-12-13-26(21(4)19-25)27(32)31-22(5)28(33)34)24-11-10-23(20(3)18-24)14-17-29(35)15-8-9-16-29/h10-13,18-19,22,35H,6-9,14-17H2,1-5H3,(H,31,32)(H,33,34). The van der Waals surface area contributed by atoms with E-state index in [2.05, 4.69) is 50.4 Å². The molecule has 0 aliphatic heterocycles. The van der Waals surface area contributed by atoms with Gasteiger partial charge in [0.1, 0.15) is 6.04 Å². The minimum Gasteiger partial charge on any atom is -0.480 e. The van der Waals surface area contributed by atoms with Crippen LogP contribution in [0.2, 0.25) is 0 Å². The average Bonchev–Trinajstić information content (AvgIpc) is 3.26. The SMILES string of the molecule is CCC(CC)(c1ccc(CCC2(O)CCCC2)c(C)c1)c1ccc(C(=O)NC(C)C(=O)O)c(C)c1. The van der Waals surface area contributed by atoms with Crippen molar-refractivity contribution < 1.29 is 19.8 Å². The summed E-state index contributed by atoms with van der Waals surface area (Å²) in [6.45, 7) is 9.93. The van der Waals surface area contributed by atoms with E-state index in [0.29, 0.717) is 5.56 Å². The Morgan fingerprint density at radius 1 is 1.00 bits per heavy atom. The largest absolute Gasteiger partial charge is 0.480 e. The molecule has 2 aromatic rings. The molecular formula is C30H41NO4. The van der Waals surface area contributed by atoms with E-state index in [9.17, 15) is 14.7 Å². The van der Waals surface area contributed by atoms with Gasteiger partial charge >= 0.3 is 5.97 Å². The lowest BCUT2D eigenvalue weighted by Crippen LogP contribution is -2.38. The summed E-state index contributed by atoms with van der Waals surface area (Å²) in [6, 6.07) is 11.7. The summed E-state index contributed by atoms with van der Waals surface area (Å²) in [5.74, 6) is -1.42. The van der Waals surface area contributed by atoms with Crippen molar-refractivity contribution >= 4 is 11.9 Å². The van der Waals surface area contributed by atoms with E-state index >= 15 is 0 Å². The Morgan fingerprint density at radius 3 is 2.09 bits per heavy atom. The number of carboxylic acids is 1. The Morgan fingerprint density at radius 2 is 1.57 bits per heavy atom. The van der Waals surface area contributed by atoms with Crippen molar-refractivity contribution in [3.63, 3.8) is 0 Å². The molecule has 1 fully saturated rings. The smallest absolute Gasteiger partial charge is 0.325 e. The molecule has 5 nitrogen and oxygen atoms in total. The van der Waals surface area contributed by atoms with Gasteiger partial charge < -0.3 is 15.5 Å². The van der Waals surface area contributed by atoms with Crippen LogP contribution in [-0.2, 0) is 16.6 Å². The summed E-state index contributed by atoms with van der Waals surface area (Å²) in [4.78, 5) is 23.7. The summed E-state index contributed by atoms with van der Waals surface area (Å²) < 4.78 is 0. The number of carbonyl (C=O) groups excluding carboxylic acids is 1. The number of amides is 1. The molecule has 3 rings (SSSR count). The van der Waals surface area contributed by atoms with Crippen LogP contribution in [0.5, 0.6) is 0 Å². The first kappa shape index (κ1) is 26.9. The monoisotopic (exact) mass is 479 g/mol. The molecule has 0 saturated heterocycles. The highest BCUT2D eigenvalue weighted by Crippen LogP contribution is 2.40. The van der Waals surface area contributed by atoms with E-state index in [0.717, 1.165) is 62.5 Å². The minimum atomic E-state index is -1.06. The molecule has 1 atom stereocenters.